The molecule has 0 radical (unpaired) electrons. The van der Waals surface area contributed by atoms with Gasteiger partial charge in [0.1, 0.15) is 5.69 Å². The van der Waals surface area contributed by atoms with Crippen LogP contribution in [0.15, 0.2) is 12.1 Å². The van der Waals surface area contributed by atoms with Gasteiger partial charge in [0.15, 0.2) is 0 Å². The Hall–Kier alpha value is -1.54. The highest BCUT2D eigenvalue weighted by molar-refractivity contribution is 9.09. The second-order valence-corrected chi connectivity index (χ2v) is 4.04. The molecule has 84 valence electrons. The molecule has 0 unspecified atom stereocenters. The van der Waals surface area contributed by atoms with Crippen molar-refractivity contribution in [3.8, 4) is 11.8 Å². The van der Waals surface area contributed by atoms with Gasteiger partial charge in [0.2, 0.25) is 0 Å². The minimum Gasteiger partial charge on any atom is -0.392 e. The summed E-state index contributed by atoms with van der Waals surface area (Å²) in [6.07, 6.45) is 0.682. The van der Waals surface area contributed by atoms with Gasteiger partial charge in [-0.3, -0.25) is 10.1 Å². The van der Waals surface area contributed by atoms with Crippen molar-refractivity contribution in [1.29, 1.82) is 0 Å². The summed E-state index contributed by atoms with van der Waals surface area (Å²) in [5.74, 6) is 5.73. The molecule has 0 aliphatic heterocycles. The maximum Gasteiger partial charge on any atom is 0.293 e. The van der Waals surface area contributed by atoms with Crippen molar-refractivity contribution in [2.45, 2.75) is 13.3 Å². The zero-order chi connectivity index (χ0) is 12.1. The largest absolute Gasteiger partial charge is 0.392 e. The molecule has 1 rings (SSSR count). The Morgan fingerprint density at radius 1 is 1.56 bits per heavy atom. The van der Waals surface area contributed by atoms with Crippen molar-refractivity contribution in [3.63, 3.8) is 0 Å². The number of alkyl halides is 1. The second-order valence-electron chi connectivity index (χ2n) is 3.24. The lowest BCUT2D eigenvalue weighted by molar-refractivity contribution is -0.383. The van der Waals surface area contributed by atoms with Crippen LogP contribution >= 0.6 is 15.9 Å². The summed E-state index contributed by atoms with van der Waals surface area (Å²) in [5, 5.41) is 11.5. The number of nitrogens with two attached hydrogens (primary N) is 1. The van der Waals surface area contributed by atoms with E-state index >= 15 is 0 Å². The Labute approximate surface area is 102 Å². The number of nitrogens with zero attached hydrogens (tertiary/aromatic N) is 1. The van der Waals surface area contributed by atoms with Crippen LogP contribution in [0.4, 0.5) is 11.4 Å². The summed E-state index contributed by atoms with van der Waals surface area (Å²) in [6.45, 7) is 1.78. The normalized spacial score (nSPS) is 9.38. The molecule has 2 N–H and O–H groups in total. The monoisotopic (exact) mass is 282 g/mol. The SMILES string of the molecule is Cc1cc(C#CCCBr)c(N)c([N+](=O)[O-])c1. The first-order valence-electron chi connectivity index (χ1n) is 4.65. The molecule has 0 spiro atoms. The number of nitro benzene ring substituents is 1. The van der Waals surface area contributed by atoms with Gasteiger partial charge in [0.05, 0.1) is 10.5 Å². The molecule has 5 heteroatoms. The van der Waals surface area contributed by atoms with Crippen LogP contribution < -0.4 is 5.73 Å². The smallest absolute Gasteiger partial charge is 0.293 e. The van der Waals surface area contributed by atoms with E-state index in [4.69, 9.17) is 5.73 Å². The van der Waals surface area contributed by atoms with Crippen LogP contribution in [0.2, 0.25) is 0 Å². The zero-order valence-electron chi connectivity index (χ0n) is 8.79. The van der Waals surface area contributed by atoms with E-state index in [0.717, 1.165) is 10.9 Å². The maximum atomic E-state index is 10.7. The molecule has 0 aromatic heterocycles. The number of aryl methyl sites for hydroxylation is 1. The van der Waals surface area contributed by atoms with Gasteiger partial charge in [-0.15, -0.1) is 0 Å². The van der Waals surface area contributed by atoms with Crippen molar-refractivity contribution in [2.75, 3.05) is 11.1 Å². The highest BCUT2D eigenvalue weighted by atomic mass is 79.9. The van der Waals surface area contributed by atoms with Crippen molar-refractivity contribution < 1.29 is 4.92 Å². The number of rotatable bonds is 2. The topological polar surface area (TPSA) is 69.2 Å². The molecule has 0 aliphatic rings. The molecular formula is C11H11BrN2O2. The summed E-state index contributed by atoms with van der Waals surface area (Å²) in [7, 11) is 0. The van der Waals surface area contributed by atoms with Crippen LogP contribution in [-0.4, -0.2) is 10.3 Å². The lowest BCUT2D eigenvalue weighted by atomic mass is 10.1. The van der Waals surface area contributed by atoms with Crippen molar-refractivity contribution in [3.05, 3.63) is 33.4 Å². The number of hydrogen-bond donors (Lipinski definition) is 1. The summed E-state index contributed by atoms with van der Waals surface area (Å²) in [5.41, 5.74) is 7.04. The average molecular weight is 283 g/mol. The predicted octanol–water partition coefficient (Wildman–Crippen LogP) is 2.62. The zero-order valence-corrected chi connectivity index (χ0v) is 10.4. The third-order valence-corrected chi connectivity index (χ3v) is 2.34. The van der Waals surface area contributed by atoms with E-state index in [2.05, 4.69) is 27.8 Å². The lowest BCUT2D eigenvalue weighted by Gasteiger charge is -2.01. The first-order chi connectivity index (χ1) is 7.56. The van der Waals surface area contributed by atoms with E-state index in [0.29, 0.717) is 12.0 Å². The molecule has 4 nitrogen and oxygen atoms in total. The Morgan fingerprint density at radius 2 is 2.25 bits per heavy atom. The molecule has 0 amide bonds. The van der Waals surface area contributed by atoms with E-state index in [9.17, 15) is 10.1 Å². The Bertz CT molecular complexity index is 475. The van der Waals surface area contributed by atoms with Crippen molar-refractivity contribution in [2.24, 2.45) is 0 Å². The standard InChI is InChI=1S/C11H11BrN2O2/c1-8-6-9(4-2-3-5-12)11(13)10(7-8)14(15)16/h6-7H,3,5,13H2,1H3. The van der Waals surface area contributed by atoms with Gasteiger partial charge in [-0.2, -0.15) is 0 Å². The Balaban J connectivity index is 3.21. The first-order valence-corrected chi connectivity index (χ1v) is 5.77. The second kappa shape index (κ2) is 5.52. The van der Waals surface area contributed by atoms with E-state index < -0.39 is 4.92 Å². The molecule has 0 saturated carbocycles. The summed E-state index contributed by atoms with van der Waals surface area (Å²) in [4.78, 5) is 10.2. The van der Waals surface area contributed by atoms with Crippen LogP contribution in [0.5, 0.6) is 0 Å². The molecule has 0 saturated heterocycles. The first kappa shape index (κ1) is 12.5. The minimum absolute atomic E-state index is 0.0804. The van der Waals surface area contributed by atoms with Gasteiger partial charge in [-0.25, -0.2) is 0 Å². The minimum atomic E-state index is -0.488. The van der Waals surface area contributed by atoms with Crippen LogP contribution in [0.3, 0.4) is 0 Å². The molecule has 0 heterocycles. The van der Waals surface area contributed by atoms with Gasteiger partial charge in [-0.05, 0) is 18.6 Å². The predicted molar refractivity (Wildman–Crippen MR) is 67.5 cm³/mol. The highest BCUT2D eigenvalue weighted by Crippen LogP contribution is 2.26. The molecule has 0 bridgehead atoms. The van der Waals surface area contributed by atoms with Gasteiger partial charge < -0.3 is 5.73 Å². The van der Waals surface area contributed by atoms with Crippen LogP contribution in [0.25, 0.3) is 0 Å². The highest BCUT2D eigenvalue weighted by Gasteiger charge is 2.14. The fourth-order valence-electron chi connectivity index (χ4n) is 1.24. The lowest BCUT2D eigenvalue weighted by Crippen LogP contribution is -1.99. The molecule has 16 heavy (non-hydrogen) atoms. The number of halogens is 1. The quantitative estimate of drug-likeness (QED) is 0.298. The fraction of sp³-hybridized carbons (Fsp3) is 0.273. The third kappa shape index (κ3) is 2.97. The van der Waals surface area contributed by atoms with Gasteiger partial charge in [0, 0.05) is 17.8 Å². The average Bonchev–Trinajstić information content (AvgIpc) is 2.22. The number of nitrogen functional groups attached to an aromatic ring is 1. The molecular weight excluding hydrogens is 272 g/mol. The van der Waals surface area contributed by atoms with E-state index in [1.54, 1.807) is 13.0 Å². The number of anilines is 1. The summed E-state index contributed by atoms with van der Waals surface area (Å²) in [6, 6.07) is 3.20. The van der Waals surface area contributed by atoms with Crippen molar-refractivity contribution in [1.82, 2.24) is 0 Å². The Morgan fingerprint density at radius 3 is 2.81 bits per heavy atom. The molecule has 0 aliphatic carbocycles. The van der Waals surface area contributed by atoms with Gasteiger partial charge >= 0.3 is 0 Å². The van der Waals surface area contributed by atoms with Gasteiger partial charge in [-0.1, -0.05) is 27.8 Å². The number of hydrogen-bond acceptors (Lipinski definition) is 3. The fourth-order valence-corrected chi connectivity index (χ4v) is 1.44. The number of nitro groups is 1. The molecule has 0 fully saturated rings. The van der Waals surface area contributed by atoms with Crippen molar-refractivity contribution >= 4 is 27.3 Å². The molecule has 1 aromatic carbocycles. The summed E-state index contributed by atoms with van der Waals surface area (Å²) >= 11 is 3.25. The summed E-state index contributed by atoms with van der Waals surface area (Å²) < 4.78 is 0. The van der Waals surface area contributed by atoms with E-state index in [-0.39, 0.29) is 11.4 Å². The van der Waals surface area contributed by atoms with Crippen LogP contribution in [0.1, 0.15) is 17.5 Å². The van der Waals surface area contributed by atoms with Crippen LogP contribution in [0, 0.1) is 28.9 Å². The molecule has 1 aromatic rings. The maximum absolute atomic E-state index is 10.7. The van der Waals surface area contributed by atoms with E-state index in [1.807, 2.05) is 0 Å². The molecule has 0 atom stereocenters. The number of benzene rings is 1. The van der Waals surface area contributed by atoms with Gasteiger partial charge in [0.25, 0.3) is 5.69 Å². The van der Waals surface area contributed by atoms with Crippen LogP contribution in [-0.2, 0) is 0 Å². The third-order valence-electron chi connectivity index (χ3n) is 1.94. The Kier molecular flexibility index (Phi) is 4.32. The van der Waals surface area contributed by atoms with E-state index in [1.165, 1.54) is 6.07 Å².